The summed E-state index contributed by atoms with van der Waals surface area (Å²) in [6.07, 6.45) is 2.33. The quantitative estimate of drug-likeness (QED) is 0.514. The molecule has 0 N–H and O–H groups in total. The van der Waals surface area contributed by atoms with Gasteiger partial charge in [0.05, 0.1) is 23.9 Å². The summed E-state index contributed by atoms with van der Waals surface area (Å²) in [6.45, 7) is 2.03. The van der Waals surface area contributed by atoms with Gasteiger partial charge in [0, 0.05) is 17.8 Å². The molecule has 2 heterocycles. The molecule has 0 radical (unpaired) electrons. The van der Waals surface area contributed by atoms with Crippen molar-refractivity contribution < 1.29 is 14.3 Å². The number of hydrogen-bond acceptors (Lipinski definition) is 6. The van der Waals surface area contributed by atoms with E-state index in [1.807, 2.05) is 36.4 Å². The lowest BCUT2D eigenvalue weighted by Gasteiger charge is -2.28. The van der Waals surface area contributed by atoms with Gasteiger partial charge in [-0.05, 0) is 68.1 Å². The Kier molecular flexibility index (Phi) is 5.08. The Morgan fingerprint density at radius 2 is 1.76 bits per heavy atom. The van der Waals surface area contributed by atoms with Crippen LogP contribution in [0.5, 0.6) is 5.75 Å². The fourth-order valence-corrected chi connectivity index (χ4v) is 4.71. The first kappa shape index (κ1) is 21.1. The monoisotopic (exact) mass is 444 g/mol. The second-order valence-electron chi connectivity index (χ2n) is 8.56. The lowest BCUT2D eigenvalue weighted by molar-refractivity contribution is -0.119. The lowest BCUT2D eigenvalue weighted by atomic mass is 9.92. The highest BCUT2D eigenvalue weighted by Gasteiger charge is 2.48. The van der Waals surface area contributed by atoms with Crippen LogP contribution in [-0.4, -0.2) is 35.1 Å². The van der Waals surface area contributed by atoms with Crippen LogP contribution in [0, 0.1) is 4.91 Å². The predicted molar refractivity (Wildman–Crippen MR) is 123 cm³/mol. The molecule has 2 aliphatic rings. The molecule has 33 heavy (non-hydrogen) atoms. The van der Waals surface area contributed by atoms with Crippen LogP contribution in [0.3, 0.4) is 0 Å². The molecule has 2 aromatic carbocycles. The number of nitroso groups, excluding NO2 is 1. The van der Waals surface area contributed by atoms with E-state index in [1.54, 1.807) is 35.7 Å². The van der Waals surface area contributed by atoms with Gasteiger partial charge in [-0.1, -0.05) is 17.3 Å². The first-order chi connectivity index (χ1) is 16.0. The number of hydrogen-bond donors (Lipinski definition) is 0. The number of benzene rings is 2. The summed E-state index contributed by atoms with van der Waals surface area (Å²) < 4.78 is 6.82. The second-order valence-corrected chi connectivity index (χ2v) is 8.56. The van der Waals surface area contributed by atoms with Crippen molar-refractivity contribution in [2.24, 2.45) is 5.18 Å². The van der Waals surface area contributed by atoms with E-state index in [4.69, 9.17) is 4.74 Å². The maximum absolute atomic E-state index is 13.6. The summed E-state index contributed by atoms with van der Waals surface area (Å²) in [7, 11) is 1.59. The van der Waals surface area contributed by atoms with E-state index < -0.39 is 0 Å². The molecule has 8 nitrogen and oxygen atoms in total. The third kappa shape index (κ3) is 3.42. The molecular formula is C25H24N4O4. The number of ether oxygens (including phenoxy) is 1. The molecule has 5 rings (SSSR count). The Hall–Kier alpha value is -3.81. The number of rotatable bonds is 7. The SMILES string of the molecule is COc1ccc(-n2nc(CN=O)c3c2C(=O)N(c2ccc(C4(C(C)=O)CC4)cc2)CC3)cc1. The van der Waals surface area contributed by atoms with Gasteiger partial charge in [-0.15, -0.1) is 0 Å². The summed E-state index contributed by atoms with van der Waals surface area (Å²) in [5, 5.41) is 7.56. The Bertz CT molecular complexity index is 1240. The first-order valence-corrected chi connectivity index (χ1v) is 11.0. The number of carbonyl (C=O) groups excluding carboxylic acids is 2. The molecule has 1 aliphatic heterocycles. The minimum Gasteiger partial charge on any atom is -0.497 e. The normalized spacial score (nSPS) is 16.3. The number of Topliss-reactive ketones (excluding diaryl/α,β-unsaturated/α-hetero) is 1. The number of aromatic nitrogens is 2. The Balaban J connectivity index is 1.51. The van der Waals surface area contributed by atoms with Gasteiger partial charge in [0.1, 0.15) is 23.8 Å². The third-order valence-corrected chi connectivity index (χ3v) is 6.79. The maximum Gasteiger partial charge on any atom is 0.277 e. The van der Waals surface area contributed by atoms with E-state index in [9.17, 15) is 14.5 Å². The second kappa shape index (κ2) is 7.95. The molecule has 3 aromatic rings. The van der Waals surface area contributed by atoms with Gasteiger partial charge in [0.2, 0.25) is 0 Å². The van der Waals surface area contributed by atoms with Crippen molar-refractivity contribution in [3.8, 4) is 11.4 Å². The van der Waals surface area contributed by atoms with E-state index in [1.165, 1.54) is 0 Å². The number of amides is 1. The number of ketones is 1. The van der Waals surface area contributed by atoms with E-state index in [2.05, 4.69) is 10.3 Å². The Labute approximate surface area is 191 Å². The number of carbonyl (C=O) groups is 2. The van der Waals surface area contributed by atoms with Gasteiger partial charge in [-0.2, -0.15) is 10.0 Å². The van der Waals surface area contributed by atoms with Crippen LogP contribution in [0.25, 0.3) is 5.69 Å². The van der Waals surface area contributed by atoms with Gasteiger partial charge in [0.25, 0.3) is 5.91 Å². The van der Waals surface area contributed by atoms with Crippen molar-refractivity contribution in [1.82, 2.24) is 9.78 Å². The number of nitrogens with zero attached hydrogens (tertiary/aromatic N) is 4. The molecule has 1 aromatic heterocycles. The van der Waals surface area contributed by atoms with Gasteiger partial charge >= 0.3 is 0 Å². The zero-order valence-electron chi connectivity index (χ0n) is 18.6. The smallest absolute Gasteiger partial charge is 0.277 e. The van der Waals surface area contributed by atoms with Crippen molar-refractivity contribution in [3.05, 3.63) is 76.0 Å². The molecule has 0 bridgehead atoms. The van der Waals surface area contributed by atoms with Gasteiger partial charge in [-0.3, -0.25) is 9.59 Å². The highest BCUT2D eigenvalue weighted by molar-refractivity contribution is 6.07. The van der Waals surface area contributed by atoms with E-state index in [0.717, 1.165) is 29.7 Å². The van der Waals surface area contributed by atoms with Crippen LogP contribution in [0.4, 0.5) is 5.69 Å². The van der Waals surface area contributed by atoms with Crippen LogP contribution in [0.2, 0.25) is 0 Å². The third-order valence-electron chi connectivity index (χ3n) is 6.79. The fraction of sp³-hybridized carbons (Fsp3) is 0.320. The Morgan fingerprint density at radius 1 is 1.09 bits per heavy atom. The van der Waals surface area contributed by atoms with Crippen molar-refractivity contribution in [1.29, 1.82) is 0 Å². The molecule has 1 fully saturated rings. The molecule has 1 amide bonds. The zero-order valence-corrected chi connectivity index (χ0v) is 18.6. The summed E-state index contributed by atoms with van der Waals surface area (Å²) in [6, 6.07) is 15.0. The van der Waals surface area contributed by atoms with Crippen molar-refractivity contribution >= 4 is 17.4 Å². The van der Waals surface area contributed by atoms with Crippen LogP contribution in [0.1, 0.15) is 47.1 Å². The molecule has 0 spiro atoms. The Morgan fingerprint density at radius 3 is 2.33 bits per heavy atom. The summed E-state index contributed by atoms with van der Waals surface area (Å²) >= 11 is 0. The van der Waals surface area contributed by atoms with E-state index >= 15 is 0 Å². The molecule has 0 atom stereocenters. The zero-order chi connectivity index (χ0) is 23.2. The maximum atomic E-state index is 13.6. The molecule has 1 saturated carbocycles. The molecule has 0 saturated heterocycles. The van der Waals surface area contributed by atoms with Gasteiger partial charge < -0.3 is 9.64 Å². The molecule has 168 valence electrons. The van der Waals surface area contributed by atoms with Crippen molar-refractivity contribution in [3.63, 3.8) is 0 Å². The number of methoxy groups -OCH3 is 1. The highest BCUT2D eigenvalue weighted by atomic mass is 16.5. The molecule has 0 unspecified atom stereocenters. The molecule has 8 heteroatoms. The average molecular weight is 444 g/mol. The molecule has 1 aliphatic carbocycles. The molecular weight excluding hydrogens is 420 g/mol. The van der Waals surface area contributed by atoms with E-state index in [0.29, 0.717) is 35.8 Å². The largest absolute Gasteiger partial charge is 0.497 e. The standard InChI is InChI=1S/C25H24N4O4/c1-16(30)25(12-13-25)17-3-5-18(6-4-17)28-14-11-21-22(15-26-32)27-29(23(21)24(28)31)19-7-9-20(33-2)10-8-19/h3-10H,11-15H2,1-2H3. The minimum atomic E-state index is -0.346. The van der Waals surface area contributed by atoms with Crippen LogP contribution in [0.15, 0.2) is 53.7 Å². The van der Waals surface area contributed by atoms with E-state index in [-0.39, 0.29) is 23.7 Å². The van der Waals surface area contributed by atoms with Crippen LogP contribution in [-0.2, 0) is 23.2 Å². The summed E-state index contributed by atoms with van der Waals surface area (Å²) in [5.41, 5.74) is 3.86. The fourth-order valence-electron chi connectivity index (χ4n) is 4.71. The van der Waals surface area contributed by atoms with Crippen molar-refractivity contribution in [2.75, 3.05) is 18.6 Å². The highest BCUT2D eigenvalue weighted by Crippen LogP contribution is 2.49. The topological polar surface area (TPSA) is 93.9 Å². The number of fused-ring (bicyclic) bond motifs is 1. The van der Waals surface area contributed by atoms with Gasteiger partial charge in [0.15, 0.2) is 0 Å². The minimum absolute atomic E-state index is 0.0827. The summed E-state index contributed by atoms with van der Waals surface area (Å²) in [5.74, 6) is 0.701. The van der Waals surface area contributed by atoms with Crippen LogP contribution >= 0.6 is 0 Å². The van der Waals surface area contributed by atoms with Crippen molar-refractivity contribution in [2.45, 2.75) is 38.1 Å². The first-order valence-electron chi connectivity index (χ1n) is 11.0. The van der Waals surface area contributed by atoms with Crippen LogP contribution < -0.4 is 9.64 Å². The van der Waals surface area contributed by atoms with Gasteiger partial charge in [-0.25, -0.2) is 4.68 Å². The number of anilines is 1. The summed E-state index contributed by atoms with van der Waals surface area (Å²) in [4.78, 5) is 38.4. The lowest BCUT2D eigenvalue weighted by Crippen LogP contribution is -2.38. The predicted octanol–water partition coefficient (Wildman–Crippen LogP) is 3.97. The average Bonchev–Trinajstić information content (AvgIpc) is 3.57.